The Morgan fingerprint density at radius 2 is 0.844 bits per heavy atom. The molecule has 4 aromatic carbocycles. The number of rotatable bonds is 9. The minimum atomic E-state index is -3.21. The van der Waals surface area contributed by atoms with Crippen LogP contribution in [0.25, 0.3) is 0 Å². The monoisotopic (exact) mass is 456 g/mol. The minimum absolute atomic E-state index is 0.0502. The summed E-state index contributed by atoms with van der Waals surface area (Å²) in [5, 5.41) is 4.23. The van der Waals surface area contributed by atoms with E-state index in [-0.39, 0.29) is 6.73 Å². The minimum Gasteiger partial charge on any atom is -0.421 e. The maximum absolute atomic E-state index is 7.41. The standard InChI is InChI=1S/C26H28N2O2Si2/c27-21-29-32(25-17-9-3-10-18-25,26-19-11-4-12-20-26)30-31(22-28,23-13-5-1-6-14-23)24-15-7-2-8-16-24/h1-20H,21-22,27-28H2. The molecule has 0 heterocycles. The highest BCUT2D eigenvalue weighted by Crippen LogP contribution is 2.18. The van der Waals surface area contributed by atoms with E-state index in [1.165, 1.54) is 0 Å². The van der Waals surface area contributed by atoms with E-state index in [0.29, 0.717) is 6.17 Å². The van der Waals surface area contributed by atoms with Gasteiger partial charge >= 0.3 is 8.56 Å². The van der Waals surface area contributed by atoms with E-state index in [1.807, 2.05) is 72.8 Å². The van der Waals surface area contributed by atoms with Crippen molar-refractivity contribution in [3.8, 4) is 0 Å². The Labute approximate surface area is 191 Å². The fourth-order valence-electron chi connectivity index (χ4n) is 4.14. The average molecular weight is 457 g/mol. The Balaban J connectivity index is 1.99. The molecule has 0 saturated heterocycles. The maximum Gasteiger partial charge on any atom is 0.398 e. The molecule has 0 aliphatic carbocycles. The van der Waals surface area contributed by atoms with Crippen LogP contribution in [0.5, 0.6) is 0 Å². The molecule has 0 radical (unpaired) electrons. The molecule has 32 heavy (non-hydrogen) atoms. The predicted molar refractivity (Wildman–Crippen MR) is 136 cm³/mol. The van der Waals surface area contributed by atoms with E-state index in [2.05, 4.69) is 48.5 Å². The normalized spacial score (nSPS) is 11.9. The van der Waals surface area contributed by atoms with Gasteiger partial charge in [-0.05, 0) is 20.7 Å². The third kappa shape index (κ3) is 4.24. The number of benzene rings is 4. The van der Waals surface area contributed by atoms with Gasteiger partial charge in [0, 0.05) is 6.17 Å². The zero-order valence-electron chi connectivity index (χ0n) is 17.9. The Kier molecular flexibility index (Phi) is 7.11. The summed E-state index contributed by atoms with van der Waals surface area (Å²) in [6.45, 7) is 0.0502. The first-order chi connectivity index (χ1) is 15.7. The Morgan fingerprint density at radius 1 is 0.500 bits per heavy atom. The van der Waals surface area contributed by atoms with Crippen LogP contribution in [0.15, 0.2) is 121 Å². The molecular formula is C26H28N2O2Si2. The summed E-state index contributed by atoms with van der Waals surface area (Å²) in [4.78, 5) is 0. The highest BCUT2D eigenvalue weighted by molar-refractivity contribution is 7.07. The molecule has 0 unspecified atom stereocenters. The first kappa shape index (κ1) is 22.4. The highest BCUT2D eigenvalue weighted by Gasteiger charge is 2.52. The summed E-state index contributed by atoms with van der Waals surface area (Å²) < 4.78 is 13.9. The van der Waals surface area contributed by atoms with Crippen molar-refractivity contribution in [3.63, 3.8) is 0 Å². The van der Waals surface area contributed by atoms with Crippen LogP contribution in [-0.4, -0.2) is 29.8 Å². The Hall–Kier alpha value is -2.85. The molecular weight excluding hydrogens is 428 g/mol. The smallest absolute Gasteiger partial charge is 0.398 e. The molecule has 162 valence electrons. The molecule has 0 aromatic heterocycles. The second kappa shape index (κ2) is 10.2. The Morgan fingerprint density at radius 3 is 1.16 bits per heavy atom. The van der Waals surface area contributed by atoms with Crippen LogP contribution in [-0.2, 0) is 8.54 Å². The van der Waals surface area contributed by atoms with Crippen molar-refractivity contribution in [2.24, 2.45) is 11.5 Å². The van der Waals surface area contributed by atoms with Gasteiger partial charge in [-0.25, -0.2) is 0 Å². The zero-order valence-corrected chi connectivity index (χ0v) is 19.9. The maximum atomic E-state index is 7.41. The molecule has 0 bridgehead atoms. The third-order valence-corrected chi connectivity index (χ3v) is 14.1. The number of hydrogen-bond acceptors (Lipinski definition) is 4. The first-order valence-electron chi connectivity index (χ1n) is 10.7. The van der Waals surface area contributed by atoms with E-state index in [4.69, 9.17) is 20.0 Å². The van der Waals surface area contributed by atoms with E-state index < -0.39 is 16.9 Å². The molecule has 0 amide bonds. The van der Waals surface area contributed by atoms with Crippen LogP contribution in [0.3, 0.4) is 0 Å². The lowest BCUT2D eigenvalue weighted by molar-refractivity contribution is 0.268. The van der Waals surface area contributed by atoms with Crippen molar-refractivity contribution < 1.29 is 8.54 Å². The van der Waals surface area contributed by atoms with Crippen molar-refractivity contribution in [2.75, 3.05) is 12.9 Å². The summed E-state index contributed by atoms with van der Waals surface area (Å²) in [5.74, 6) is 0. The molecule has 0 fully saturated rings. The summed E-state index contributed by atoms with van der Waals surface area (Å²) in [7, 11) is -6.11. The largest absolute Gasteiger partial charge is 0.421 e. The van der Waals surface area contributed by atoms with Crippen molar-refractivity contribution in [2.45, 2.75) is 0 Å². The first-order valence-corrected chi connectivity index (χ1v) is 14.6. The van der Waals surface area contributed by atoms with Gasteiger partial charge < -0.3 is 20.0 Å². The fraction of sp³-hybridized carbons (Fsp3) is 0.0769. The van der Waals surface area contributed by atoms with Gasteiger partial charge in [-0.2, -0.15) is 0 Å². The summed E-state index contributed by atoms with van der Waals surface area (Å²) in [5.41, 5.74) is 12.6. The van der Waals surface area contributed by atoms with E-state index >= 15 is 0 Å². The lowest BCUT2D eigenvalue weighted by Crippen LogP contribution is -2.76. The van der Waals surface area contributed by atoms with Gasteiger partial charge in [-0.1, -0.05) is 121 Å². The van der Waals surface area contributed by atoms with Crippen LogP contribution < -0.4 is 32.2 Å². The lowest BCUT2D eigenvalue weighted by Gasteiger charge is -2.41. The fourth-order valence-corrected chi connectivity index (χ4v) is 13.0. The summed E-state index contributed by atoms with van der Waals surface area (Å²) in [6, 6.07) is 41.0. The summed E-state index contributed by atoms with van der Waals surface area (Å²) in [6.07, 6.45) is 0.378. The SMILES string of the molecule is NCO[Si](O[Si](CN)(c1ccccc1)c1ccccc1)(c1ccccc1)c1ccccc1. The number of hydrogen-bond donors (Lipinski definition) is 2. The number of nitrogens with two attached hydrogens (primary N) is 2. The van der Waals surface area contributed by atoms with Crippen LogP contribution in [0.4, 0.5) is 0 Å². The molecule has 0 aliphatic rings. The average Bonchev–Trinajstić information content (AvgIpc) is 2.89. The Bertz CT molecular complexity index is 1020. The van der Waals surface area contributed by atoms with Crippen molar-refractivity contribution >= 4 is 37.6 Å². The molecule has 4 N–H and O–H groups in total. The van der Waals surface area contributed by atoms with Crippen LogP contribution >= 0.6 is 0 Å². The molecule has 0 atom stereocenters. The summed E-state index contributed by atoms with van der Waals surface area (Å²) >= 11 is 0. The van der Waals surface area contributed by atoms with Gasteiger partial charge in [-0.15, -0.1) is 0 Å². The van der Waals surface area contributed by atoms with Crippen LogP contribution in [0, 0.1) is 0 Å². The van der Waals surface area contributed by atoms with Gasteiger partial charge in [-0.3, -0.25) is 0 Å². The zero-order chi connectivity index (χ0) is 22.3. The molecule has 0 saturated carbocycles. The van der Waals surface area contributed by atoms with E-state index in [9.17, 15) is 0 Å². The van der Waals surface area contributed by atoms with Gasteiger partial charge in [0.15, 0.2) is 0 Å². The lowest BCUT2D eigenvalue weighted by atomic mass is 10.4. The van der Waals surface area contributed by atoms with E-state index in [0.717, 1.165) is 20.7 Å². The van der Waals surface area contributed by atoms with Gasteiger partial charge in [0.1, 0.15) is 0 Å². The molecule has 6 heteroatoms. The molecule has 0 aliphatic heterocycles. The topological polar surface area (TPSA) is 70.5 Å². The molecule has 4 rings (SSSR count). The quantitative estimate of drug-likeness (QED) is 0.295. The predicted octanol–water partition coefficient (Wildman–Crippen LogP) is 1.45. The molecule has 0 spiro atoms. The van der Waals surface area contributed by atoms with Crippen molar-refractivity contribution in [3.05, 3.63) is 121 Å². The van der Waals surface area contributed by atoms with Crippen molar-refractivity contribution in [1.82, 2.24) is 0 Å². The van der Waals surface area contributed by atoms with Gasteiger partial charge in [0.05, 0.1) is 6.73 Å². The highest BCUT2D eigenvalue weighted by atomic mass is 28.4. The second-order valence-corrected chi connectivity index (χ2v) is 14.2. The van der Waals surface area contributed by atoms with Crippen LogP contribution in [0.2, 0.25) is 0 Å². The van der Waals surface area contributed by atoms with Gasteiger partial charge in [0.25, 0.3) is 8.32 Å². The van der Waals surface area contributed by atoms with Crippen molar-refractivity contribution in [1.29, 1.82) is 0 Å². The van der Waals surface area contributed by atoms with E-state index in [1.54, 1.807) is 0 Å². The van der Waals surface area contributed by atoms with Crippen LogP contribution in [0.1, 0.15) is 0 Å². The molecule has 4 aromatic rings. The third-order valence-electron chi connectivity index (χ3n) is 5.68. The second-order valence-electron chi connectivity index (χ2n) is 7.52. The van der Waals surface area contributed by atoms with Gasteiger partial charge in [0.2, 0.25) is 0 Å². The molecule has 4 nitrogen and oxygen atoms in total.